The van der Waals surface area contributed by atoms with Crippen molar-refractivity contribution in [2.75, 3.05) is 0 Å². The van der Waals surface area contributed by atoms with Crippen LogP contribution in [0.5, 0.6) is 0 Å². The lowest BCUT2D eigenvalue weighted by Gasteiger charge is -1.52. The van der Waals surface area contributed by atoms with Crippen LogP contribution >= 0.6 is 0 Å². The highest BCUT2D eigenvalue weighted by Gasteiger charge is 1.91. The molecule has 0 atom stereocenters. The summed E-state index contributed by atoms with van der Waals surface area (Å²) in [4.78, 5) is 0. The summed E-state index contributed by atoms with van der Waals surface area (Å²) < 4.78 is 0. The quantitative estimate of drug-likeness (QED) is 0.421. The molecule has 0 saturated carbocycles. The molecule has 21 valence electrons. The molecule has 0 bridgehead atoms. The molecule has 0 fully saturated rings. The summed E-state index contributed by atoms with van der Waals surface area (Å²) >= 11 is 0. The third kappa shape index (κ3) is 0.0696. The van der Waals surface area contributed by atoms with E-state index in [0.717, 1.165) is 5.70 Å². The molecule has 0 amide bonds. The first-order valence-corrected chi connectivity index (χ1v) is 1.18. The molecular weight excluding hydrogens is 50.0 g/mol. The Morgan fingerprint density at radius 3 is 2.25 bits per heavy atom. The van der Waals surface area contributed by atoms with E-state index >= 15 is 0 Å². The van der Waals surface area contributed by atoms with Crippen LogP contribution in [0.2, 0.25) is 0 Å². The Labute approximate surface area is 25.3 Å². The molecule has 0 aromatic heterocycles. The first kappa shape index (κ1) is 1.82. The van der Waals surface area contributed by atoms with Gasteiger partial charge >= 0.3 is 0 Å². The Morgan fingerprint density at radius 2 is 2.25 bits per heavy atom. The van der Waals surface area contributed by atoms with Gasteiger partial charge in [0.05, 0.1) is 0 Å². The predicted molar refractivity (Wildman–Crippen MR) is 16.6 cm³/mol. The summed E-state index contributed by atoms with van der Waals surface area (Å²) in [5, 5.41) is 2.78. The highest BCUT2D eigenvalue weighted by Crippen LogP contribution is 1.93. The average molecular weight is 54.1 g/mol. The van der Waals surface area contributed by atoms with Gasteiger partial charge in [-0.2, -0.15) is 0 Å². The maximum atomic E-state index is 3.50. The lowest BCUT2D eigenvalue weighted by molar-refractivity contribution is 1.38. The van der Waals surface area contributed by atoms with Gasteiger partial charge in [0, 0.05) is 11.9 Å². The van der Waals surface area contributed by atoms with Gasteiger partial charge < -0.3 is 5.32 Å². The Hall–Kier alpha value is -0.460. The smallest absolute Gasteiger partial charge is 0.0313 e. The zero-order valence-electron chi connectivity index (χ0n) is 2.28. The van der Waals surface area contributed by atoms with Crippen LogP contribution in [0.25, 0.3) is 0 Å². The van der Waals surface area contributed by atoms with Crippen molar-refractivity contribution in [3.05, 3.63) is 18.8 Å². The van der Waals surface area contributed by atoms with Crippen LogP contribution in [0, 0.1) is 6.92 Å². The Morgan fingerprint density at radius 1 is 2.00 bits per heavy atom. The number of rotatable bonds is 0. The van der Waals surface area contributed by atoms with Crippen LogP contribution in [0.3, 0.4) is 0 Å². The fraction of sp³-hybridized carbons (Fsp3) is 0. The molecule has 0 aliphatic carbocycles. The van der Waals surface area contributed by atoms with E-state index in [-0.39, 0.29) is 0 Å². The lowest BCUT2D eigenvalue weighted by Crippen LogP contribution is -1.65. The topological polar surface area (TPSA) is 21.9 Å². The summed E-state index contributed by atoms with van der Waals surface area (Å²) in [6.45, 7) is 3.50. The standard InChI is InChI=1S/C3H4N/c1-3-2-4-3/h2,4H,1H2. The van der Waals surface area contributed by atoms with Gasteiger partial charge in [-0.05, 0) is 6.92 Å². The Bertz CT molecular complexity index is 54.3. The highest BCUT2D eigenvalue weighted by molar-refractivity contribution is 5.18. The first-order chi connectivity index (χ1) is 1.89. The number of hydrogen-bond donors (Lipinski definition) is 1. The summed E-state index contributed by atoms with van der Waals surface area (Å²) in [7, 11) is 0. The van der Waals surface area contributed by atoms with Crippen LogP contribution in [0.15, 0.2) is 11.9 Å². The molecular formula is C3H4N. The zero-order valence-corrected chi connectivity index (χ0v) is 2.28. The van der Waals surface area contributed by atoms with Crippen LogP contribution in [0.1, 0.15) is 0 Å². The van der Waals surface area contributed by atoms with Crippen LogP contribution in [0.4, 0.5) is 0 Å². The van der Waals surface area contributed by atoms with Crippen molar-refractivity contribution in [2.24, 2.45) is 0 Å². The third-order valence-corrected chi connectivity index (χ3v) is 0.348. The van der Waals surface area contributed by atoms with Crippen molar-refractivity contribution in [2.45, 2.75) is 0 Å². The number of nitrogens with one attached hydrogen (secondary N) is 1. The molecule has 1 radical (unpaired) electrons. The van der Waals surface area contributed by atoms with Crippen LogP contribution in [-0.4, -0.2) is 0 Å². The SMILES string of the molecule is [CH2]C1=CN1. The molecule has 1 N–H and O–H groups in total. The molecule has 0 spiro atoms. The van der Waals surface area contributed by atoms with Gasteiger partial charge in [0.15, 0.2) is 0 Å². The highest BCUT2D eigenvalue weighted by atomic mass is 15.0. The first-order valence-electron chi connectivity index (χ1n) is 1.18. The van der Waals surface area contributed by atoms with E-state index in [9.17, 15) is 0 Å². The minimum atomic E-state index is 1.04. The lowest BCUT2D eigenvalue weighted by atomic mass is 10.7. The predicted octanol–water partition coefficient (Wildman–Crippen LogP) is 0.265. The maximum Gasteiger partial charge on any atom is 0.0313 e. The van der Waals surface area contributed by atoms with Crippen LogP contribution < -0.4 is 5.32 Å². The second kappa shape index (κ2) is 0.292. The molecule has 0 aromatic carbocycles. The van der Waals surface area contributed by atoms with E-state index in [0.29, 0.717) is 0 Å². The largest absolute Gasteiger partial charge is 0.362 e. The number of allylic oxidation sites excluding steroid dienone is 1. The van der Waals surface area contributed by atoms with E-state index in [4.69, 9.17) is 0 Å². The van der Waals surface area contributed by atoms with Crippen molar-refractivity contribution in [1.29, 1.82) is 0 Å². The van der Waals surface area contributed by atoms with Crippen LogP contribution in [-0.2, 0) is 0 Å². The van der Waals surface area contributed by atoms with Gasteiger partial charge in [0.1, 0.15) is 0 Å². The minimum absolute atomic E-state index is 1.04. The van der Waals surface area contributed by atoms with Gasteiger partial charge in [-0.25, -0.2) is 0 Å². The third-order valence-electron chi connectivity index (χ3n) is 0.348. The molecule has 1 heteroatoms. The summed E-state index contributed by atoms with van der Waals surface area (Å²) in [5.74, 6) is 0. The maximum absolute atomic E-state index is 3.50. The van der Waals surface area contributed by atoms with E-state index < -0.39 is 0 Å². The summed E-state index contributed by atoms with van der Waals surface area (Å²) in [6, 6.07) is 0. The van der Waals surface area contributed by atoms with Crippen molar-refractivity contribution >= 4 is 0 Å². The normalized spacial score (nSPS) is 17.8. The minimum Gasteiger partial charge on any atom is -0.362 e. The summed E-state index contributed by atoms with van der Waals surface area (Å²) in [5.41, 5.74) is 1.04. The fourth-order valence-corrected chi connectivity index (χ4v) is 0.0510. The van der Waals surface area contributed by atoms with Gasteiger partial charge in [-0.15, -0.1) is 0 Å². The molecule has 0 unspecified atom stereocenters. The number of hydrogen-bond acceptors (Lipinski definition) is 1. The van der Waals surface area contributed by atoms with Crippen molar-refractivity contribution in [3.8, 4) is 0 Å². The van der Waals surface area contributed by atoms with E-state index in [1.54, 1.807) is 0 Å². The molecule has 1 aliphatic heterocycles. The molecule has 4 heavy (non-hydrogen) atoms. The molecule has 1 heterocycles. The molecule has 0 saturated heterocycles. The van der Waals surface area contributed by atoms with Crippen molar-refractivity contribution in [1.82, 2.24) is 5.32 Å². The van der Waals surface area contributed by atoms with Gasteiger partial charge in [-0.3, -0.25) is 0 Å². The Balaban J connectivity index is 2.54. The van der Waals surface area contributed by atoms with Crippen molar-refractivity contribution < 1.29 is 0 Å². The monoisotopic (exact) mass is 54.0 g/mol. The van der Waals surface area contributed by atoms with E-state index in [2.05, 4.69) is 12.2 Å². The molecule has 1 rings (SSSR count). The second-order valence-corrected chi connectivity index (χ2v) is 0.814. The molecule has 0 aromatic rings. The van der Waals surface area contributed by atoms with Gasteiger partial charge in [-0.1, -0.05) is 0 Å². The fourth-order valence-electron chi connectivity index (χ4n) is 0.0510. The van der Waals surface area contributed by atoms with E-state index in [1.807, 2.05) is 6.20 Å². The Kier molecular flexibility index (Phi) is 0.133. The molecule has 1 aliphatic rings. The van der Waals surface area contributed by atoms with Gasteiger partial charge in [0.25, 0.3) is 0 Å². The second-order valence-electron chi connectivity index (χ2n) is 0.814. The molecule has 1 nitrogen and oxygen atoms in total. The van der Waals surface area contributed by atoms with Crippen molar-refractivity contribution in [3.63, 3.8) is 0 Å². The van der Waals surface area contributed by atoms with E-state index in [1.165, 1.54) is 0 Å². The zero-order chi connectivity index (χ0) is 2.99. The summed E-state index contributed by atoms with van der Waals surface area (Å²) in [6.07, 6.45) is 1.85. The van der Waals surface area contributed by atoms with Gasteiger partial charge in [0.2, 0.25) is 0 Å². The average Bonchev–Trinajstić information content (AvgIpc) is 1.75.